The van der Waals surface area contributed by atoms with Gasteiger partial charge in [-0.3, -0.25) is 4.79 Å². The lowest BCUT2D eigenvalue weighted by Crippen LogP contribution is -2.07. The van der Waals surface area contributed by atoms with Gasteiger partial charge in [0.25, 0.3) is 0 Å². The van der Waals surface area contributed by atoms with Crippen LogP contribution in [0.1, 0.15) is 16.8 Å². The fraction of sp³-hybridized carbons (Fsp3) is 0.133. The quantitative estimate of drug-likeness (QED) is 0.508. The molecule has 0 heterocycles. The molecule has 0 aliphatic heterocycles. The molecule has 2 rings (SSSR count). The zero-order valence-electron chi connectivity index (χ0n) is 10.7. The second kappa shape index (κ2) is 7.51. The lowest BCUT2D eigenvalue weighted by atomic mass is 10.1. The maximum atomic E-state index is 12.8. The van der Waals surface area contributed by atoms with E-state index in [1.165, 1.54) is 24.3 Å². The summed E-state index contributed by atoms with van der Waals surface area (Å²) in [6, 6.07) is 9.22. The molecule has 0 unspecified atom stereocenters. The van der Waals surface area contributed by atoms with Gasteiger partial charge in [0.1, 0.15) is 11.6 Å². The van der Waals surface area contributed by atoms with Gasteiger partial charge in [0.15, 0.2) is 5.78 Å². The van der Waals surface area contributed by atoms with Crippen LogP contribution in [0, 0.1) is 5.82 Å². The Bertz CT molecular complexity index is 633. The number of Topliss-reactive ketones (excluding diaryl/α,β-unsaturated/α-hetero) is 1. The first-order valence-corrected chi connectivity index (χ1v) is 8.41. The van der Waals surface area contributed by atoms with Crippen molar-refractivity contribution in [3.8, 4) is 5.75 Å². The van der Waals surface area contributed by atoms with Crippen LogP contribution in [0.2, 0.25) is 0 Å². The predicted octanol–water partition coefficient (Wildman–Crippen LogP) is 5.77. The molecule has 0 radical (unpaired) electrons. The molecule has 0 saturated carbocycles. The minimum absolute atomic E-state index is 0.0839. The van der Waals surface area contributed by atoms with Gasteiger partial charge in [-0.1, -0.05) is 15.9 Å². The zero-order valence-corrected chi connectivity index (χ0v) is 15.5. The Hall–Kier alpha value is -0.720. The van der Waals surface area contributed by atoms with Crippen LogP contribution in [0.5, 0.6) is 5.75 Å². The maximum Gasteiger partial charge on any atom is 0.166 e. The second-order valence-electron chi connectivity index (χ2n) is 4.23. The van der Waals surface area contributed by atoms with Gasteiger partial charge < -0.3 is 4.74 Å². The van der Waals surface area contributed by atoms with Crippen molar-refractivity contribution < 1.29 is 13.9 Å². The van der Waals surface area contributed by atoms with Crippen LogP contribution >= 0.6 is 47.8 Å². The first-order chi connectivity index (χ1) is 9.97. The first-order valence-electron chi connectivity index (χ1n) is 6.03. The summed E-state index contributed by atoms with van der Waals surface area (Å²) in [5, 5.41) is 0. The molecule has 0 fully saturated rings. The van der Waals surface area contributed by atoms with Crippen LogP contribution in [0.15, 0.2) is 49.8 Å². The molecular formula is C15H10Br3FO2. The number of halogens is 4. The zero-order chi connectivity index (χ0) is 15.4. The van der Waals surface area contributed by atoms with Crippen molar-refractivity contribution in [2.75, 3.05) is 6.61 Å². The van der Waals surface area contributed by atoms with Gasteiger partial charge >= 0.3 is 0 Å². The minimum Gasteiger partial charge on any atom is -0.491 e. The monoisotopic (exact) mass is 478 g/mol. The van der Waals surface area contributed by atoms with Gasteiger partial charge in [-0.05, 0) is 68.3 Å². The number of hydrogen-bond acceptors (Lipinski definition) is 2. The molecule has 0 atom stereocenters. The minimum atomic E-state index is -0.356. The third-order valence-corrected chi connectivity index (χ3v) is 4.34. The number of ether oxygens (including phenoxy) is 1. The summed E-state index contributed by atoms with van der Waals surface area (Å²) < 4.78 is 20.9. The largest absolute Gasteiger partial charge is 0.491 e. The van der Waals surface area contributed by atoms with Crippen molar-refractivity contribution in [3.63, 3.8) is 0 Å². The molecule has 2 aromatic carbocycles. The van der Waals surface area contributed by atoms with E-state index in [0.717, 1.165) is 13.4 Å². The smallest absolute Gasteiger partial charge is 0.166 e. The van der Waals surface area contributed by atoms with E-state index >= 15 is 0 Å². The molecule has 0 aromatic heterocycles. The van der Waals surface area contributed by atoms with Crippen LogP contribution in [0.25, 0.3) is 0 Å². The van der Waals surface area contributed by atoms with E-state index in [1.807, 2.05) is 12.1 Å². The van der Waals surface area contributed by atoms with Crippen LogP contribution in [-0.4, -0.2) is 12.4 Å². The standard InChI is InChI=1S/C15H10Br3FO2/c16-10-7-12(17)15(13(18)8-10)21-6-5-14(20)9-1-3-11(19)4-2-9/h1-4,7-8H,5-6H2. The van der Waals surface area contributed by atoms with Gasteiger partial charge in [-0.15, -0.1) is 0 Å². The van der Waals surface area contributed by atoms with Gasteiger partial charge in [0, 0.05) is 16.5 Å². The summed E-state index contributed by atoms with van der Waals surface area (Å²) in [4.78, 5) is 11.9. The molecule has 0 aliphatic carbocycles. The number of hydrogen-bond donors (Lipinski definition) is 0. The van der Waals surface area contributed by atoms with Crippen molar-refractivity contribution >= 4 is 53.6 Å². The Balaban J connectivity index is 1.95. The molecule has 110 valence electrons. The van der Waals surface area contributed by atoms with E-state index in [-0.39, 0.29) is 24.6 Å². The summed E-state index contributed by atoms with van der Waals surface area (Å²) in [5.74, 6) is 0.204. The maximum absolute atomic E-state index is 12.8. The molecule has 0 aliphatic rings. The van der Waals surface area contributed by atoms with Gasteiger partial charge in [0.05, 0.1) is 15.6 Å². The molecule has 21 heavy (non-hydrogen) atoms. The van der Waals surface area contributed by atoms with Crippen LogP contribution in [0.4, 0.5) is 4.39 Å². The van der Waals surface area contributed by atoms with E-state index in [0.29, 0.717) is 11.3 Å². The normalized spacial score (nSPS) is 10.5. The highest BCUT2D eigenvalue weighted by atomic mass is 79.9. The molecule has 0 bridgehead atoms. The molecule has 6 heteroatoms. The molecule has 2 aromatic rings. The average molecular weight is 481 g/mol. The number of benzene rings is 2. The third-order valence-electron chi connectivity index (χ3n) is 2.70. The lowest BCUT2D eigenvalue weighted by molar-refractivity contribution is 0.0962. The van der Waals surface area contributed by atoms with Crippen LogP contribution in [0.3, 0.4) is 0 Å². The summed E-state index contributed by atoms with van der Waals surface area (Å²) >= 11 is 10.2. The van der Waals surface area contributed by atoms with Crippen molar-refractivity contribution in [3.05, 3.63) is 61.2 Å². The first kappa shape index (κ1) is 16.6. The summed E-state index contributed by atoms with van der Waals surface area (Å²) in [6.45, 7) is 0.245. The molecular weight excluding hydrogens is 471 g/mol. The highest BCUT2D eigenvalue weighted by Gasteiger charge is 2.10. The Labute approximate surface area is 147 Å². The van der Waals surface area contributed by atoms with Crippen LogP contribution in [-0.2, 0) is 0 Å². The summed E-state index contributed by atoms with van der Waals surface area (Å²) in [6.07, 6.45) is 0.223. The fourth-order valence-electron chi connectivity index (χ4n) is 1.69. The molecule has 0 saturated heterocycles. The average Bonchev–Trinajstić information content (AvgIpc) is 2.42. The molecule has 2 nitrogen and oxygen atoms in total. The topological polar surface area (TPSA) is 26.3 Å². The van der Waals surface area contributed by atoms with Crippen molar-refractivity contribution in [1.82, 2.24) is 0 Å². The van der Waals surface area contributed by atoms with Gasteiger partial charge in [-0.2, -0.15) is 0 Å². The predicted molar refractivity (Wildman–Crippen MR) is 90.4 cm³/mol. The number of carbonyl (C=O) groups excluding carboxylic acids is 1. The highest BCUT2D eigenvalue weighted by molar-refractivity contribution is 9.11. The SMILES string of the molecule is O=C(CCOc1c(Br)cc(Br)cc1Br)c1ccc(F)cc1. The van der Waals surface area contributed by atoms with E-state index in [9.17, 15) is 9.18 Å². The van der Waals surface area contributed by atoms with E-state index in [4.69, 9.17) is 4.74 Å². The Kier molecular flexibility index (Phi) is 5.96. The fourth-order valence-corrected chi connectivity index (χ4v) is 4.18. The lowest BCUT2D eigenvalue weighted by Gasteiger charge is -2.10. The number of ketones is 1. The summed E-state index contributed by atoms with van der Waals surface area (Å²) in [7, 11) is 0. The van der Waals surface area contributed by atoms with Crippen LogP contribution < -0.4 is 4.74 Å². The van der Waals surface area contributed by atoms with E-state index in [2.05, 4.69) is 47.8 Å². The number of rotatable bonds is 5. The summed E-state index contributed by atoms with van der Waals surface area (Å²) in [5.41, 5.74) is 0.480. The molecule has 0 spiro atoms. The molecule has 0 amide bonds. The van der Waals surface area contributed by atoms with Crippen molar-refractivity contribution in [1.29, 1.82) is 0 Å². The Morgan fingerprint density at radius 3 is 2.19 bits per heavy atom. The van der Waals surface area contributed by atoms with E-state index in [1.54, 1.807) is 0 Å². The third kappa shape index (κ3) is 4.63. The van der Waals surface area contributed by atoms with Crippen molar-refractivity contribution in [2.24, 2.45) is 0 Å². The number of carbonyl (C=O) groups is 1. The van der Waals surface area contributed by atoms with Gasteiger partial charge in [0.2, 0.25) is 0 Å². The second-order valence-corrected chi connectivity index (χ2v) is 6.85. The van der Waals surface area contributed by atoms with Crippen molar-refractivity contribution in [2.45, 2.75) is 6.42 Å². The molecule has 0 N–H and O–H groups in total. The Morgan fingerprint density at radius 1 is 1.05 bits per heavy atom. The highest BCUT2D eigenvalue weighted by Crippen LogP contribution is 2.36. The van der Waals surface area contributed by atoms with Gasteiger partial charge in [-0.25, -0.2) is 4.39 Å². The van der Waals surface area contributed by atoms with E-state index < -0.39 is 0 Å². The Morgan fingerprint density at radius 2 is 1.62 bits per heavy atom.